The molecule has 17 heteroatoms. The molecule has 17 nitrogen and oxygen atoms in total. The summed E-state index contributed by atoms with van der Waals surface area (Å²) in [6.45, 7) is 1.97. The summed E-state index contributed by atoms with van der Waals surface area (Å²) in [7, 11) is 6.10. The van der Waals surface area contributed by atoms with Gasteiger partial charge in [-0.1, -0.05) is 133 Å². The van der Waals surface area contributed by atoms with Crippen LogP contribution in [0.15, 0.2) is 188 Å². The Kier molecular flexibility index (Phi) is 26.8. The summed E-state index contributed by atoms with van der Waals surface area (Å²) >= 11 is 0. The number of aromatic hydroxyl groups is 3. The van der Waals surface area contributed by atoms with Crippen molar-refractivity contribution in [1.82, 2.24) is 0 Å². The minimum Gasteiger partial charge on any atom is -0.504 e. The Bertz CT molecular complexity index is 3160. The largest absolute Gasteiger partial charge is 0.504 e. The number of aldehydes is 3. The summed E-state index contributed by atoms with van der Waals surface area (Å²) in [5.41, 5.74) is 11.5. The fraction of sp³-hybridized carbons (Fsp3) is 0.145. The molecule has 0 amide bonds. The number of ether oxygens (including phenoxy) is 7. The number of benzene rings is 8. The van der Waals surface area contributed by atoms with Crippen LogP contribution in [0.5, 0.6) is 57.5 Å². The molecule has 0 spiro atoms. The molecule has 0 saturated heterocycles. The minimum absolute atomic E-state index is 0.0166. The maximum atomic E-state index is 10.9. The Morgan fingerprint density at radius 1 is 0.443 bits per heavy atom. The van der Waals surface area contributed by atoms with Gasteiger partial charge in [-0.05, 0) is 83.8 Å². The van der Waals surface area contributed by atoms with Gasteiger partial charge in [0.1, 0.15) is 19.8 Å². The smallest absolute Gasteiger partial charge is 0.235 e. The Hall–Kier alpha value is -10.1. The van der Waals surface area contributed by atoms with Crippen LogP contribution in [0.1, 0.15) is 58.9 Å². The normalized spacial score (nSPS) is 9.94. The first-order valence-electron chi connectivity index (χ1n) is 24.2. The first kappa shape index (κ1) is 61.4. The third-order valence-corrected chi connectivity index (χ3v) is 10.8. The molecule has 0 fully saturated rings. The first-order chi connectivity index (χ1) is 38.4. The molecule has 0 unspecified atom stereocenters. The van der Waals surface area contributed by atoms with E-state index in [9.17, 15) is 24.5 Å². The molecule has 0 aliphatic heterocycles. The number of carbonyl (C=O) groups excluding carboxylic acids is 3. The van der Waals surface area contributed by atoms with Gasteiger partial charge in [-0.3, -0.25) is 24.5 Å². The lowest BCUT2D eigenvalue weighted by molar-refractivity contribution is -0.400. The zero-order chi connectivity index (χ0) is 57.2. The number of nitro groups is 1. The predicted octanol–water partition coefficient (Wildman–Crippen LogP) is 11.5. The molecule has 0 bridgehead atoms. The van der Waals surface area contributed by atoms with E-state index in [2.05, 4.69) is 0 Å². The topological polar surface area (TPSA) is 246 Å². The monoisotopic (exact) mass is 1070 g/mol. The van der Waals surface area contributed by atoms with Crippen LogP contribution in [0, 0.1) is 10.1 Å². The van der Waals surface area contributed by atoms with E-state index < -0.39 is 4.92 Å². The van der Waals surface area contributed by atoms with E-state index in [1.54, 1.807) is 55.6 Å². The number of phenols is 3. The number of carbonyl (C=O) groups is 3. The van der Waals surface area contributed by atoms with Gasteiger partial charge in [-0.25, -0.2) is 0 Å². The second-order valence-electron chi connectivity index (χ2n) is 16.1. The van der Waals surface area contributed by atoms with Crippen LogP contribution >= 0.6 is 0 Å². The molecule has 5 N–H and O–H groups in total. The van der Waals surface area contributed by atoms with Gasteiger partial charge in [0.15, 0.2) is 76.4 Å². The second kappa shape index (κ2) is 34.4. The van der Waals surface area contributed by atoms with Gasteiger partial charge in [0.25, 0.3) is 0 Å². The van der Waals surface area contributed by atoms with E-state index in [4.69, 9.17) is 54.2 Å². The zero-order valence-corrected chi connectivity index (χ0v) is 44.0. The number of para-hydroxylation sites is 5. The molecular formula is C62H62N2O15. The molecule has 0 aromatic heterocycles. The summed E-state index contributed by atoms with van der Waals surface area (Å²) in [5, 5.41) is 37.3. The van der Waals surface area contributed by atoms with Crippen molar-refractivity contribution in [1.29, 1.82) is 0 Å². The lowest BCUT2D eigenvalue weighted by Crippen LogP contribution is -2.05. The van der Waals surface area contributed by atoms with Crippen molar-refractivity contribution in [3.63, 3.8) is 0 Å². The highest BCUT2D eigenvalue weighted by atomic mass is 16.6. The molecule has 0 heterocycles. The van der Waals surface area contributed by atoms with Gasteiger partial charge in [-0.15, -0.1) is 0 Å². The van der Waals surface area contributed by atoms with Crippen LogP contribution < -0.4 is 38.9 Å². The molecule has 410 valence electrons. The van der Waals surface area contributed by atoms with Gasteiger partial charge in [0, 0.05) is 11.6 Å². The number of nitrogens with zero attached hydrogens (tertiary/aromatic N) is 1. The third-order valence-electron chi connectivity index (χ3n) is 10.8. The molecule has 8 rings (SSSR count). The van der Waals surface area contributed by atoms with Crippen molar-refractivity contribution in [2.45, 2.75) is 26.2 Å². The van der Waals surface area contributed by atoms with Crippen LogP contribution in [0.4, 0.5) is 0 Å². The standard InChI is InChI=1S/C16H15NO4.C16H19NO2.C15H14O3.C8H8O3.C7H6O3/c1-20-16-14(10-11-17(18)19)8-5-9-15(16)21-12-13-6-3-2-4-7-13;1-18-16-14(10-11-17)8-5-9-15(16)19-12-13-6-3-2-4-7-13;1-17-15-13(10-16)8-5-9-14(15)18-11-12-6-3-2-4-7-12;1-11-8-6(5-9)3-2-4-7(8)10;8-4-5-2-1-3-6(9)7(5)10/h2-11H,12H2,1H3;2-9H,10-12,17H2,1H3;2-10H,11H2,1H3;2-5,10H,1H3;1-4,9-10H/b11-10+;;;;. The zero-order valence-electron chi connectivity index (χ0n) is 44.0. The minimum atomic E-state index is -0.517. The van der Waals surface area contributed by atoms with E-state index >= 15 is 0 Å². The SMILES string of the molecule is COc1c(/C=C/[N+](=O)[O-])cccc1OCc1ccccc1.COc1c(C=O)cccc1OCc1ccccc1.COc1c(CCN)cccc1OCc1ccccc1.COc1c(O)cccc1C=O.O=Cc1cccc(O)c1O. The molecule has 0 aliphatic carbocycles. The van der Waals surface area contributed by atoms with Crippen LogP contribution in [-0.4, -0.2) is 74.1 Å². The summed E-state index contributed by atoms with van der Waals surface area (Å²) in [6.07, 6.45) is 4.92. The van der Waals surface area contributed by atoms with Crippen molar-refractivity contribution in [2.24, 2.45) is 5.73 Å². The number of hydrogen-bond acceptors (Lipinski definition) is 16. The van der Waals surface area contributed by atoms with Crippen molar-refractivity contribution < 1.29 is 67.8 Å². The lowest BCUT2D eigenvalue weighted by atomic mass is 10.1. The molecule has 0 saturated carbocycles. The van der Waals surface area contributed by atoms with E-state index in [0.29, 0.717) is 78.6 Å². The highest BCUT2D eigenvalue weighted by Crippen LogP contribution is 2.34. The molecule has 79 heavy (non-hydrogen) atoms. The van der Waals surface area contributed by atoms with Gasteiger partial charge in [-0.2, -0.15) is 0 Å². The number of methoxy groups -OCH3 is 4. The third kappa shape index (κ3) is 20.2. The van der Waals surface area contributed by atoms with Crippen molar-refractivity contribution >= 4 is 24.9 Å². The fourth-order valence-corrected chi connectivity index (χ4v) is 7.06. The van der Waals surface area contributed by atoms with Crippen LogP contribution in [0.2, 0.25) is 0 Å². The van der Waals surface area contributed by atoms with Gasteiger partial charge in [0.05, 0.1) is 50.1 Å². The van der Waals surface area contributed by atoms with Crippen LogP contribution in [0.25, 0.3) is 6.08 Å². The van der Waals surface area contributed by atoms with Crippen molar-refractivity contribution in [2.75, 3.05) is 35.0 Å². The first-order valence-corrected chi connectivity index (χ1v) is 24.2. The maximum Gasteiger partial charge on any atom is 0.235 e. The second-order valence-corrected chi connectivity index (χ2v) is 16.1. The maximum absolute atomic E-state index is 10.9. The molecule has 0 aliphatic rings. The average Bonchev–Trinajstić information content (AvgIpc) is 3.49. The number of nitrogens with two attached hydrogens (primary N) is 1. The molecule has 0 atom stereocenters. The predicted molar refractivity (Wildman–Crippen MR) is 301 cm³/mol. The Labute approximate surface area is 458 Å². The molecular weight excluding hydrogens is 1010 g/mol. The highest BCUT2D eigenvalue weighted by molar-refractivity contribution is 5.82. The molecule has 8 aromatic carbocycles. The Balaban J connectivity index is 0.000000218. The van der Waals surface area contributed by atoms with Gasteiger partial charge < -0.3 is 54.2 Å². The summed E-state index contributed by atoms with van der Waals surface area (Å²) < 4.78 is 38.0. The van der Waals surface area contributed by atoms with Crippen molar-refractivity contribution in [3.05, 3.63) is 243 Å². The fourth-order valence-electron chi connectivity index (χ4n) is 7.06. The number of phenolic OH excluding ortho intramolecular Hbond substituents is 3. The summed E-state index contributed by atoms with van der Waals surface area (Å²) in [5.74, 6) is 3.19. The highest BCUT2D eigenvalue weighted by Gasteiger charge is 2.13. The van der Waals surface area contributed by atoms with E-state index in [0.717, 1.165) is 52.7 Å². The summed E-state index contributed by atoms with van der Waals surface area (Å²) in [6, 6.07) is 54.9. The van der Waals surface area contributed by atoms with Crippen LogP contribution in [-0.2, 0) is 26.2 Å². The van der Waals surface area contributed by atoms with E-state index in [-0.39, 0.29) is 28.6 Å². The number of hydrogen-bond donors (Lipinski definition) is 4. The molecule has 8 aromatic rings. The van der Waals surface area contributed by atoms with Crippen LogP contribution in [0.3, 0.4) is 0 Å². The van der Waals surface area contributed by atoms with Gasteiger partial charge in [0.2, 0.25) is 6.20 Å². The molecule has 0 radical (unpaired) electrons. The Morgan fingerprint density at radius 3 is 1.20 bits per heavy atom. The van der Waals surface area contributed by atoms with E-state index in [1.807, 2.05) is 109 Å². The number of rotatable bonds is 20. The summed E-state index contributed by atoms with van der Waals surface area (Å²) in [4.78, 5) is 41.2. The lowest BCUT2D eigenvalue weighted by Gasteiger charge is -2.14. The average molecular weight is 1080 g/mol. The Morgan fingerprint density at radius 2 is 0.810 bits per heavy atom. The van der Waals surface area contributed by atoms with Gasteiger partial charge >= 0.3 is 0 Å². The van der Waals surface area contributed by atoms with E-state index in [1.165, 1.54) is 51.7 Å². The quantitative estimate of drug-likeness (QED) is 0.0240. The van der Waals surface area contributed by atoms with Crippen molar-refractivity contribution in [3.8, 4) is 57.5 Å².